The van der Waals surface area contributed by atoms with Gasteiger partial charge in [-0.3, -0.25) is 0 Å². The summed E-state index contributed by atoms with van der Waals surface area (Å²) in [6.45, 7) is 5.65. The normalized spacial score (nSPS) is 32.2. The van der Waals surface area contributed by atoms with E-state index in [0.717, 1.165) is 6.61 Å². The predicted molar refractivity (Wildman–Crippen MR) is 51.3 cm³/mol. The van der Waals surface area contributed by atoms with Gasteiger partial charge in [0.05, 0.1) is 0 Å². The zero-order valence-electron chi connectivity index (χ0n) is 7.86. The Morgan fingerprint density at radius 1 is 1.27 bits per heavy atom. The lowest BCUT2D eigenvalue weighted by Crippen LogP contribution is -2.40. The highest BCUT2D eigenvalue weighted by Crippen LogP contribution is 2.29. The van der Waals surface area contributed by atoms with E-state index in [2.05, 4.69) is 13.8 Å². The molecule has 1 heterocycles. The zero-order chi connectivity index (χ0) is 8.16. The molecule has 1 unspecified atom stereocenters. The summed E-state index contributed by atoms with van der Waals surface area (Å²) in [6.07, 6.45) is 4.05. The Kier molecular flexibility index (Phi) is 3.59. The first-order valence-electron chi connectivity index (χ1n) is 4.97. The number of hydrogen-bond donors (Lipinski definition) is 0. The Hall–Kier alpha value is 0.177. The van der Waals surface area contributed by atoms with E-state index in [0.29, 0.717) is 0 Å². The van der Waals surface area contributed by atoms with E-state index in [-0.39, 0.29) is 0 Å². The van der Waals surface area contributed by atoms with Gasteiger partial charge in [-0.25, -0.2) is 0 Å². The van der Waals surface area contributed by atoms with Gasteiger partial charge in [-0.1, -0.05) is 26.7 Å². The molecule has 1 saturated heterocycles. The molecule has 0 aromatic heterocycles. The molecule has 0 bridgehead atoms. The molecule has 1 fully saturated rings. The summed E-state index contributed by atoms with van der Waals surface area (Å²) >= 11 is 0. The van der Waals surface area contributed by atoms with Gasteiger partial charge in [-0.2, -0.15) is 0 Å². The maximum absolute atomic E-state index is 5.99. The largest absolute Gasteiger partial charge is 0.417 e. The third-order valence-electron chi connectivity index (χ3n) is 2.78. The van der Waals surface area contributed by atoms with Crippen molar-refractivity contribution in [3.05, 3.63) is 0 Å². The molecule has 0 aromatic carbocycles. The van der Waals surface area contributed by atoms with Crippen molar-refractivity contribution in [2.75, 3.05) is 6.61 Å². The second kappa shape index (κ2) is 4.26. The fraction of sp³-hybridized carbons (Fsp3) is 1.00. The Balaban J connectivity index is 2.42. The van der Waals surface area contributed by atoms with Gasteiger partial charge in [0.2, 0.25) is 0 Å². The SMILES string of the molecule is CCC[Si]1(CC)CCCCO1. The highest BCUT2D eigenvalue weighted by molar-refractivity contribution is 6.73. The van der Waals surface area contributed by atoms with Gasteiger partial charge in [0.1, 0.15) is 0 Å². The van der Waals surface area contributed by atoms with Crippen molar-refractivity contribution in [1.29, 1.82) is 0 Å². The average Bonchev–Trinajstić information content (AvgIpc) is 2.07. The van der Waals surface area contributed by atoms with Gasteiger partial charge >= 0.3 is 0 Å². The quantitative estimate of drug-likeness (QED) is 0.594. The first kappa shape index (κ1) is 9.27. The van der Waals surface area contributed by atoms with Gasteiger partial charge in [0.25, 0.3) is 0 Å². The third kappa shape index (κ3) is 2.31. The number of rotatable bonds is 3. The molecule has 1 aliphatic heterocycles. The van der Waals surface area contributed by atoms with E-state index in [1.54, 1.807) is 0 Å². The molecular formula is C9H20OSi. The summed E-state index contributed by atoms with van der Waals surface area (Å²) in [4.78, 5) is 0. The molecule has 0 amide bonds. The van der Waals surface area contributed by atoms with Gasteiger partial charge in [-0.05, 0) is 24.6 Å². The van der Waals surface area contributed by atoms with E-state index in [1.165, 1.54) is 37.4 Å². The van der Waals surface area contributed by atoms with Crippen molar-refractivity contribution in [1.82, 2.24) is 0 Å². The molecule has 0 N–H and O–H groups in total. The highest BCUT2D eigenvalue weighted by atomic mass is 28.4. The molecule has 1 atom stereocenters. The molecule has 1 nitrogen and oxygen atoms in total. The summed E-state index contributed by atoms with van der Waals surface area (Å²) < 4.78 is 5.99. The molecule has 11 heavy (non-hydrogen) atoms. The minimum Gasteiger partial charge on any atom is -0.417 e. The van der Waals surface area contributed by atoms with Gasteiger partial charge in [-0.15, -0.1) is 0 Å². The van der Waals surface area contributed by atoms with Crippen LogP contribution < -0.4 is 0 Å². The van der Waals surface area contributed by atoms with E-state index < -0.39 is 8.32 Å². The van der Waals surface area contributed by atoms with Crippen molar-refractivity contribution in [2.24, 2.45) is 0 Å². The lowest BCUT2D eigenvalue weighted by Gasteiger charge is -2.33. The highest BCUT2D eigenvalue weighted by Gasteiger charge is 2.33. The smallest absolute Gasteiger partial charge is 0.192 e. The minimum atomic E-state index is -1.16. The lowest BCUT2D eigenvalue weighted by molar-refractivity contribution is 0.265. The summed E-state index contributed by atoms with van der Waals surface area (Å²) in [5.41, 5.74) is 0. The van der Waals surface area contributed by atoms with Crippen LogP contribution in [0.4, 0.5) is 0 Å². The molecule has 1 aliphatic rings. The van der Waals surface area contributed by atoms with E-state index >= 15 is 0 Å². The fourth-order valence-corrected chi connectivity index (χ4v) is 5.85. The summed E-state index contributed by atoms with van der Waals surface area (Å²) in [5.74, 6) is 0. The van der Waals surface area contributed by atoms with Crippen LogP contribution >= 0.6 is 0 Å². The Bertz CT molecular complexity index is 103. The van der Waals surface area contributed by atoms with Crippen LogP contribution in [0.25, 0.3) is 0 Å². The van der Waals surface area contributed by atoms with Crippen LogP contribution in [0.3, 0.4) is 0 Å². The second-order valence-electron chi connectivity index (χ2n) is 3.59. The fourth-order valence-electron chi connectivity index (χ4n) is 2.02. The maximum Gasteiger partial charge on any atom is 0.192 e. The zero-order valence-corrected chi connectivity index (χ0v) is 8.86. The van der Waals surface area contributed by atoms with Crippen LogP contribution in [0, 0.1) is 0 Å². The predicted octanol–water partition coefficient (Wildman–Crippen LogP) is 3.17. The van der Waals surface area contributed by atoms with Crippen molar-refractivity contribution < 1.29 is 4.43 Å². The summed E-state index contributed by atoms with van der Waals surface area (Å²) in [5, 5.41) is 0. The Morgan fingerprint density at radius 3 is 2.55 bits per heavy atom. The minimum absolute atomic E-state index is 1.06. The molecular weight excluding hydrogens is 152 g/mol. The Morgan fingerprint density at radius 2 is 2.09 bits per heavy atom. The molecule has 66 valence electrons. The van der Waals surface area contributed by atoms with Crippen molar-refractivity contribution in [3.8, 4) is 0 Å². The topological polar surface area (TPSA) is 9.23 Å². The van der Waals surface area contributed by atoms with Gasteiger partial charge in [0.15, 0.2) is 8.32 Å². The van der Waals surface area contributed by atoms with Gasteiger partial charge < -0.3 is 4.43 Å². The summed E-state index contributed by atoms with van der Waals surface area (Å²) in [7, 11) is -1.16. The monoisotopic (exact) mass is 172 g/mol. The van der Waals surface area contributed by atoms with E-state index in [1.807, 2.05) is 0 Å². The lowest BCUT2D eigenvalue weighted by atomic mass is 10.4. The van der Waals surface area contributed by atoms with Crippen molar-refractivity contribution in [3.63, 3.8) is 0 Å². The molecule has 0 aliphatic carbocycles. The molecule has 0 saturated carbocycles. The first-order valence-corrected chi connectivity index (χ1v) is 7.50. The summed E-state index contributed by atoms with van der Waals surface area (Å²) in [6, 6.07) is 4.15. The Labute approximate surface area is 71.3 Å². The second-order valence-corrected chi connectivity index (χ2v) is 7.95. The van der Waals surface area contributed by atoms with Gasteiger partial charge in [0, 0.05) is 6.61 Å². The van der Waals surface area contributed by atoms with Crippen LogP contribution in [0.5, 0.6) is 0 Å². The van der Waals surface area contributed by atoms with Crippen LogP contribution in [-0.2, 0) is 4.43 Å². The standard InChI is InChI=1S/C9H20OSi/c1-3-8-11(4-2)9-6-5-7-10-11/h3-9H2,1-2H3. The molecule has 0 spiro atoms. The van der Waals surface area contributed by atoms with E-state index in [9.17, 15) is 0 Å². The van der Waals surface area contributed by atoms with Crippen molar-refractivity contribution >= 4 is 8.32 Å². The van der Waals surface area contributed by atoms with E-state index in [4.69, 9.17) is 4.43 Å². The third-order valence-corrected chi connectivity index (χ3v) is 7.57. The molecule has 0 aromatic rings. The maximum atomic E-state index is 5.99. The van der Waals surface area contributed by atoms with Crippen LogP contribution in [0.1, 0.15) is 33.1 Å². The van der Waals surface area contributed by atoms with Crippen LogP contribution in [0.15, 0.2) is 0 Å². The van der Waals surface area contributed by atoms with Crippen LogP contribution in [-0.4, -0.2) is 14.9 Å². The molecule has 1 rings (SSSR count). The number of hydrogen-bond acceptors (Lipinski definition) is 1. The average molecular weight is 172 g/mol. The molecule has 2 heteroatoms. The van der Waals surface area contributed by atoms with Crippen LogP contribution in [0.2, 0.25) is 18.1 Å². The first-order chi connectivity index (χ1) is 5.33. The molecule has 0 radical (unpaired) electrons. The van der Waals surface area contributed by atoms with Crippen molar-refractivity contribution in [2.45, 2.75) is 51.2 Å².